The fraction of sp³-hybridized carbons (Fsp3) is 0.100. The predicted octanol–water partition coefficient (Wildman–Crippen LogP) is 2.06. The van der Waals surface area contributed by atoms with Gasteiger partial charge in [-0.25, -0.2) is 0 Å². The molecule has 0 aliphatic heterocycles. The summed E-state index contributed by atoms with van der Waals surface area (Å²) in [4.78, 5) is 0. The van der Waals surface area contributed by atoms with E-state index in [0.29, 0.717) is 17.0 Å². The quantitative estimate of drug-likeness (QED) is 0.789. The third kappa shape index (κ3) is 1.42. The van der Waals surface area contributed by atoms with E-state index in [1.807, 2.05) is 0 Å². The maximum Gasteiger partial charge on any atom is 0.128 e. The van der Waals surface area contributed by atoms with Crippen LogP contribution in [-0.2, 0) is 0 Å². The van der Waals surface area contributed by atoms with Crippen LogP contribution in [0.1, 0.15) is 0 Å². The number of hydrogen-bond acceptors (Lipinski definition) is 4. The zero-order valence-electron chi connectivity index (χ0n) is 7.60. The van der Waals surface area contributed by atoms with Crippen LogP contribution >= 0.6 is 0 Å². The average Bonchev–Trinajstić information content (AvgIpc) is 2.70. The molecule has 4 nitrogen and oxygen atoms in total. The number of methoxy groups -OCH3 is 1. The highest BCUT2D eigenvalue weighted by atomic mass is 16.5. The number of benzene rings is 1. The number of phenolic OH excluding ortho intramolecular Hbond substituents is 1. The van der Waals surface area contributed by atoms with Crippen molar-refractivity contribution < 1.29 is 14.4 Å². The summed E-state index contributed by atoms with van der Waals surface area (Å²) in [7, 11) is 1.55. The van der Waals surface area contributed by atoms with E-state index in [1.165, 1.54) is 12.3 Å². The van der Waals surface area contributed by atoms with Crippen LogP contribution in [0.5, 0.6) is 11.5 Å². The molecule has 0 fully saturated rings. The standard InChI is InChI=1S/C10H9NO3/c1-13-7-2-3-8(10(12)6-7)9-4-5-14-11-9/h2-6,12H,1H3. The molecule has 1 aromatic heterocycles. The van der Waals surface area contributed by atoms with Gasteiger partial charge in [0, 0.05) is 17.7 Å². The lowest BCUT2D eigenvalue weighted by molar-refractivity contribution is 0.407. The van der Waals surface area contributed by atoms with Gasteiger partial charge in [-0.15, -0.1) is 0 Å². The summed E-state index contributed by atoms with van der Waals surface area (Å²) in [6.07, 6.45) is 1.46. The van der Waals surface area contributed by atoms with Gasteiger partial charge in [-0.1, -0.05) is 5.16 Å². The van der Waals surface area contributed by atoms with Crippen LogP contribution in [0.25, 0.3) is 11.3 Å². The van der Waals surface area contributed by atoms with Gasteiger partial charge in [0.15, 0.2) is 0 Å². The Hall–Kier alpha value is -1.97. The average molecular weight is 191 g/mol. The summed E-state index contributed by atoms with van der Waals surface area (Å²) < 4.78 is 9.65. The molecule has 2 rings (SSSR count). The van der Waals surface area contributed by atoms with Crippen LogP contribution in [0.15, 0.2) is 35.1 Å². The molecule has 4 heteroatoms. The van der Waals surface area contributed by atoms with E-state index in [-0.39, 0.29) is 5.75 Å². The minimum Gasteiger partial charge on any atom is -0.507 e. The highest BCUT2D eigenvalue weighted by molar-refractivity contribution is 5.67. The van der Waals surface area contributed by atoms with Crippen LogP contribution in [0.3, 0.4) is 0 Å². The molecule has 0 atom stereocenters. The molecule has 1 N–H and O–H groups in total. The Morgan fingerprint density at radius 2 is 2.21 bits per heavy atom. The van der Waals surface area contributed by atoms with Crippen molar-refractivity contribution in [3.63, 3.8) is 0 Å². The van der Waals surface area contributed by atoms with E-state index >= 15 is 0 Å². The molecule has 0 bridgehead atoms. The van der Waals surface area contributed by atoms with Crippen molar-refractivity contribution in [1.82, 2.24) is 5.16 Å². The first-order chi connectivity index (χ1) is 6.81. The van der Waals surface area contributed by atoms with Crippen LogP contribution in [0.2, 0.25) is 0 Å². The van der Waals surface area contributed by atoms with Gasteiger partial charge in [-0.3, -0.25) is 0 Å². The van der Waals surface area contributed by atoms with Gasteiger partial charge in [0.1, 0.15) is 23.5 Å². The molecule has 1 heterocycles. The Kier molecular flexibility index (Phi) is 2.10. The molecule has 0 unspecified atom stereocenters. The molecular formula is C10H9NO3. The van der Waals surface area contributed by atoms with Crippen molar-refractivity contribution in [1.29, 1.82) is 0 Å². The summed E-state index contributed by atoms with van der Waals surface area (Å²) >= 11 is 0. The summed E-state index contributed by atoms with van der Waals surface area (Å²) in [6, 6.07) is 6.70. The summed E-state index contributed by atoms with van der Waals surface area (Å²) in [5.41, 5.74) is 1.23. The maximum absolute atomic E-state index is 9.63. The molecule has 0 saturated heterocycles. The lowest BCUT2D eigenvalue weighted by atomic mass is 10.1. The number of hydrogen-bond donors (Lipinski definition) is 1. The Morgan fingerprint density at radius 3 is 2.79 bits per heavy atom. The third-order valence-electron chi connectivity index (χ3n) is 1.92. The van der Waals surface area contributed by atoms with Crippen LogP contribution in [-0.4, -0.2) is 17.4 Å². The molecule has 0 spiro atoms. The zero-order valence-corrected chi connectivity index (χ0v) is 7.60. The number of aromatic nitrogens is 1. The van der Waals surface area contributed by atoms with Crippen molar-refractivity contribution in [2.24, 2.45) is 0 Å². The van der Waals surface area contributed by atoms with Gasteiger partial charge in [-0.2, -0.15) is 0 Å². The number of ether oxygens (including phenoxy) is 1. The molecular weight excluding hydrogens is 182 g/mol. The van der Waals surface area contributed by atoms with E-state index in [2.05, 4.69) is 9.68 Å². The highest BCUT2D eigenvalue weighted by Gasteiger charge is 2.07. The van der Waals surface area contributed by atoms with Gasteiger partial charge < -0.3 is 14.4 Å². The zero-order chi connectivity index (χ0) is 9.97. The molecule has 0 radical (unpaired) electrons. The van der Waals surface area contributed by atoms with E-state index in [0.717, 1.165) is 0 Å². The molecule has 0 aliphatic carbocycles. The van der Waals surface area contributed by atoms with E-state index in [9.17, 15) is 5.11 Å². The van der Waals surface area contributed by atoms with Crippen molar-refractivity contribution in [3.8, 4) is 22.8 Å². The normalized spacial score (nSPS) is 10.1. The van der Waals surface area contributed by atoms with Gasteiger partial charge in [0.05, 0.1) is 7.11 Å². The Balaban J connectivity index is 2.46. The predicted molar refractivity (Wildman–Crippen MR) is 50.2 cm³/mol. The van der Waals surface area contributed by atoms with E-state index in [4.69, 9.17) is 4.74 Å². The fourth-order valence-electron chi connectivity index (χ4n) is 1.21. The summed E-state index contributed by atoms with van der Waals surface area (Å²) in [5.74, 6) is 0.730. The van der Waals surface area contributed by atoms with Crippen molar-refractivity contribution in [2.45, 2.75) is 0 Å². The monoisotopic (exact) mass is 191 g/mol. The largest absolute Gasteiger partial charge is 0.507 e. The summed E-state index contributed by atoms with van der Waals surface area (Å²) in [6.45, 7) is 0. The summed E-state index contributed by atoms with van der Waals surface area (Å²) in [5, 5.41) is 13.4. The molecule has 72 valence electrons. The van der Waals surface area contributed by atoms with Crippen molar-refractivity contribution in [2.75, 3.05) is 7.11 Å². The van der Waals surface area contributed by atoms with Crippen LogP contribution in [0.4, 0.5) is 0 Å². The van der Waals surface area contributed by atoms with Crippen molar-refractivity contribution in [3.05, 3.63) is 30.5 Å². The number of phenols is 1. The highest BCUT2D eigenvalue weighted by Crippen LogP contribution is 2.30. The number of rotatable bonds is 2. The number of nitrogens with zero attached hydrogens (tertiary/aromatic N) is 1. The molecule has 14 heavy (non-hydrogen) atoms. The minimum atomic E-state index is 0.123. The van der Waals surface area contributed by atoms with Gasteiger partial charge in [0.25, 0.3) is 0 Å². The topological polar surface area (TPSA) is 55.5 Å². The van der Waals surface area contributed by atoms with Crippen LogP contribution in [0, 0.1) is 0 Å². The van der Waals surface area contributed by atoms with Gasteiger partial charge in [0.2, 0.25) is 0 Å². The van der Waals surface area contributed by atoms with E-state index < -0.39 is 0 Å². The van der Waals surface area contributed by atoms with Crippen LogP contribution < -0.4 is 4.74 Å². The lowest BCUT2D eigenvalue weighted by Gasteiger charge is -2.03. The molecule has 0 amide bonds. The van der Waals surface area contributed by atoms with Gasteiger partial charge >= 0.3 is 0 Å². The molecule has 0 aliphatic rings. The fourth-order valence-corrected chi connectivity index (χ4v) is 1.21. The maximum atomic E-state index is 9.63. The Bertz CT molecular complexity index is 423. The third-order valence-corrected chi connectivity index (χ3v) is 1.92. The second-order valence-corrected chi connectivity index (χ2v) is 2.77. The minimum absolute atomic E-state index is 0.123. The smallest absolute Gasteiger partial charge is 0.128 e. The Morgan fingerprint density at radius 1 is 1.36 bits per heavy atom. The second kappa shape index (κ2) is 3.41. The van der Waals surface area contributed by atoms with Gasteiger partial charge in [-0.05, 0) is 12.1 Å². The van der Waals surface area contributed by atoms with E-state index in [1.54, 1.807) is 25.3 Å². The molecule has 1 aromatic carbocycles. The first-order valence-corrected chi connectivity index (χ1v) is 4.09. The SMILES string of the molecule is COc1ccc(-c2ccon2)c(O)c1. The Labute approximate surface area is 80.7 Å². The molecule has 0 saturated carbocycles. The van der Waals surface area contributed by atoms with Crippen molar-refractivity contribution >= 4 is 0 Å². The second-order valence-electron chi connectivity index (χ2n) is 2.77. The molecule has 2 aromatic rings. The first kappa shape index (κ1) is 8.62. The first-order valence-electron chi connectivity index (χ1n) is 4.09. The lowest BCUT2D eigenvalue weighted by Crippen LogP contribution is -1.84. The number of aromatic hydroxyl groups is 1.